The minimum Gasteiger partial charge on any atom is -0.339 e. The maximum atomic E-state index is 12.7. The molecule has 0 atom stereocenters. The zero-order chi connectivity index (χ0) is 15.4. The number of hydrazine groups is 1. The number of anilines is 1. The Kier molecular flexibility index (Phi) is 5.58. The third kappa shape index (κ3) is 3.74. The molecule has 0 bridgehead atoms. The van der Waals surface area contributed by atoms with Gasteiger partial charge >= 0.3 is 0 Å². The average molecular weight is 355 g/mol. The number of hydrogen-bond acceptors (Lipinski definition) is 4. The number of carbonyl (C=O) groups excluding carboxylic acids is 1. The normalized spacial score (nSPS) is 21.9. The highest BCUT2D eigenvalue weighted by Gasteiger charge is 2.27. The molecule has 0 aromatic carbocycles. The van der Waals surface area contributed by atoms with Gasteiger partial charge in [0, 0.05) is 23.8 Å². The number of hydrogen-bond donors (Lipinski definition) is 2. The van der Waals surface area contributed by atoms with E-state index in [9.17, 15) is 4.79 Å². The number of halogens is 1. The van der Waals surface area contributed by atoms with Crippen LogP contribution in [0.4, 0.5) is 5.82 Å². The topological polar surface area (TPSA) is 71.2 Å². The second-order valence-corrected chi connectivity index (χ2v) is 6.61. The van der Waals surface area contributed by atoms with Crippen molar-refractivity contribution in [2.45, 2.75) is 45.1 Å². The number of carbonyl (C=O) groups is 1. The van der Waals surface area contributed by atoms with E-state index >= 15 is 0 Å². The number of nitrogens with two attached hydrogens (primary N) is 1. The standard InChI is InChI=1S/C15H23BrN4O/c1-3-10-4-6-12(7-5-10)20(2)15(21)13-8-11(16)9-18-14(13)19-17/h8-10,12H,3-7,17H2,1-2H3,(H,18,19). The first-order valence-electron chi connectivity index (χ1n) is 7.46. The molecule has 2 rings (SSSR count). The summed E-state index contributed by atoms with van der Waals surface area (Å²) in [6.07, 6.45) is 7.43. The van der Waals surface area contributed by atoms with E-state index in [2.05, 4.69) is 33.3 Å². The van der Waals surface area contributed by atoms with E-state index in [0.717, 1.165) is 23.2 Å². The SMILES string of the molecule is CCC1CCC(N(C)C(=O)c2cc(Br)cnc2NN)CC1. The molecule has 1 aliphatic rings. The Balaban J connectivity index is 2.11. The zero-order valence-electron chi connectivity index (χ0n) is 12.6. The molecule has 1 aliphatic carbocycles. The van der Waals surface area contributed by atoms with Crippen molar-refractivity contribution >= 4 is 27.7 Å². The van der Waals surface area contributed by atoms with Crippen molar-refractivity contribution in [3.8, 4) is 0 Å². The summed E-state index contributed by atoms with van der Waals surface area (Å²) >= 11 is 3.35. The van der Waals surface area contributed by atoms with E-state index in [1.54, 1.807) is 12.3 Å². The van der Waals surface area contributed by atoms with Gasteiger partial charge in [-0.1, -0.05) is 13.3 Å². The highest BCUT2D eigenvalue weighted by molar-refractivity contribution is 9.10. The third-order valence-corrected chi connectivity index (χ3v) is 4.92. The molecule has 5 nitrogen and oxygen atoms in total. The fraction of sp³-hybridized carbons (Fsp3) is 0.600. The van der Waals surface area contributed by atoms with Gasteiger partial charge in [-0.25, -0.2) is 10.8 Å². The van der Waals surface area contributed by atoms with Crippen molar-refractivity contribution in [2.75, 3.05) is 12.5 Å². The first-order chi connectivity index (χ1) is 10.1. The lowest BCUT2D eigenvalue weighted by Crippen LogP contribution is -2.40. The molecule has 1 fully saturated rings. The van der Waals surface area contributed by atoms with Gasteiger partial charge in [-0.3, -0.25) is 4.79 Å². The Morgan fingerprint density at radius 2 is 2.14 bits per heavy atom. The molecule has 0 saturated heterocycles. The monoisotopic (exact) mass is 354 g/mol. The van der Waals surface area contributed by atoms with E-state index in [-0.39, 0.29) is 5.91 Å². The van der Waals surface area contributed by atoms with Crippen molar-refractivity contribution in [3.63, 3.8) is 0 Å². The molecule has 1 aromatic rings. The molecule has 0 aliphatic heterocycles. The van der Waals surface area contributed by atoms with E-state index in [4.69, 9.17) is 5.84 Å². The van der Waals surface area contributed by atoms with E-state index in [1.165, 1.54) is 19.3 Å². The molecule has 1 aromatic heterocycles. The molecule has 21 heavy (non-hydrogen) atoms. The van der Waals surface area contributed by atoms with Crippen LogP contribution in [0.1, 0.15) is 49.4 Å². The Morgan fingerprint density at radius 1 is 1.48 bits per heavy atom. The number of pyridine rings is 1. The van der Waals surface area contributed by atoms with Gasteiger partial charge in [0.25, 0.3) is 5.91 Å². The van der Waals surface area contributed by atoms with Crippen LogP contribution in [0.3, 0.4) is 0 Å². The van der Waals surface area contributed by atoms with Crippen LogP contribution in [0, 0.1) is 5.92 Å². The Bertz CT molecular complexity index is 500. The van der Waals surface area contributed by atoms with E-state index < -0.39 is 0 Å². The number of nitrogen functional groups attached to an aromatic ring is 1. The van der Waals surface area contributed by atoms with Crippen molar-refractivity contribution in [1.82, 2.24) is 9.88 Å². The maximum absolute atomic E-state index is 12.7. The van der Waals surface area contributed by atoms with Crippen LogP contribution >= 0.6 is 15.9 Å². The number of nitrogens with zero attached hydrogens (tertiary/aromatic N) is 2. The molecule has 0 spiro atoms. The van der Waals surface area contributed by atoms with Gasteiger partial charge in [0.2, 0.25) is 0 Å². The minimum absolute atomic E-state index is 0.0308. The lowest BCUT2D eigenvalue weighted by atomic mass is 9.84. The fourth-order valence-electron chi connectivity index (χ4n) is 3.01. The predicted octanol–water partition coefficient (Wildman–Crippen LogP) is 3.17. The molecule has 0 radical (unpaired) electrons. The van der Waals surface area contributed by atoms with E-state index in [0.29, 0.717) is 17.4 Å². The fourth-order valence-corrected chi connectivity index (χ4v) is 3.34. The first kappa shape index (κ1) is 16.2. The maximum Gasteiger partial charge on any atom is 0.257 e. The molecule has 3 N–H and O–H groups in total. The van der Waals surface area contributed by atoms with Crippen LogP contribution in [-0.2, 0) is 0 Å². The van der Waals surface area contributed by atoms with Gasteiger partial charge in [0.1, 0.15) is 0 Å². The van der Waals surface area contributed by atoms with Crippen LogP contribution < -0.4 is 11.3 Å². The summed E-state index contributed by atoms with van der Waals surface area (Å²) in [5.74, 6) is 6.66. The summed E-state index contributed by atoms with van der Waals surface area (Å²) in [5, 5.41) is 0. The predicted molar refractivity (Wildman–Crippen MR) is 87.9 cm³/mol. The van der Waals surface area contributed by atoms with Crippen molar-refractivity contribution in [2.24, 2.45) is 11.8 Å². The van der Waals surface area contributed by atoms with Gasteiger partial charge in [-0.05, 0) is 53.6 Å². The number of aromatic nitrogens is 1. The highest BCUT2D eigenvalue weighted by Crippen LogP contribution is 2.30. The number of rotatable bonds is 4. The van der Waals surface area contributed by atoms with Crippen LogP contribution in [0.2, 0.25) is 0 Å². The summed E-state index contributed by atoms with van der Waals surface area (Å²) in [7, 11) is 1.88. The second-order valence-electron chi connectivity index (χ2n) is 5.69. The van der Waals surface area contributed by atoms with Crippen molar-refractivity contribution < 1.29 is 4.79 Å². The second kappa shape index (κ2) is 7.22. The largest absolute Gasteiger partial charge is 0.339 e. The lowest BCUT2D eigenvalue weighted by molar-refractivity contribution is 0.0675. The molecular weight excluding hydrogens is 332 g/mol. The molecular formula is C15H23BrN4O. The average Bonchev–Trinajstić information content (AvgIpc) is 2.53. The van der Waals surface area contributed by atoms with Crippen molar-refractivity contribution in [3.05, 3.63) is 22.3 Å². The summed E-state index contributed by atoms with van der Waals surface area (Å²) in [6.45, 7) is 2.24. The van der Waals surface area contributed by atoms with Crippen LogP contribution in [0.25, 0.3) is 0 Å². The van der Waals surface area contributed by atoms with Gasteiger partial charge in [0.15, 0.2) is 5.82 Å². The third-order valence-electron chi connectivity index (χ3n) is 4.48. The van der Waals surface area contributed by atoms with Crippen LogP contribution in [-0.4, -0.2) is 28.9 Å². The summed E-state index contributed by atoms with van der Waals surface area (Å²) in [6, 6.07) is 2.07. The van der Waals surface area contributed by atoms with Gasteiger partial charge in [-0.15, -0.1) is 0 Å². The molecule has 0 unspecified atom stereocenters. The Labute approximate surface area is 134 Å². The minimum atomic E-state index is -0.0308. The summed E-state index contributed by atoms with van der Waals surface area (Å²) in [5.41, 5.74) is 3.00. The number of nitrogens with one attached hydrogen (secondary N) is 1. The van der Waals surface area contributed by atoms with Gasteiger partial charge in [0.05, 0.1) is 5.56 Å². The van der Waals surface area contributed by atoms with Crippen molar-refractivity contribution in [1.29, 1.82) is 0 Å². The lowest BCUT2D eigenvalue weighted by Gasteiger charge is -2.34. The Hall–Kier alpha value is -1.14. The summed E-state index contributed by atoms with van der Waals surface area (Å²) < 4.78 is 0.771. The molecule has 1 heterocycles. The quantitative estimate of drug-likeness (QED) is 0.643. The Morgan fingerprint density at radius 3 is 2.71 bits per heavy atom. The molecule has 1 amide bonds. The molecule has 6 heteroatoms. The molecule has 1 saturated carbocycles. The van der Waals surface area contributed by atoms with E-state index in [1.807, 2.05) is 11.9 Å². The van der Waals surface area contributed by atoms with Gasteiger partial charge in [-0.2, -0.15) is 0 Å². The molecule has 116 valence electrons. The van der Waals surface area contributed by atoms with Crippen LogP contribution in [0.5, 0.6) is 0 Å². The number of amides is 1. The summed E-state index contributed by atoms with van der Waals surface area (Å²) in [4.78, 5) is 18.7. The smallest absolute Gasteiger partial charge is 0.257 e. The van der Waals surface area contributed by atoms with Crippen LogP contribution in [0.15, 0.2) is 16.7 Å². The van der Waals surface area contributed by atoms with Gasteiger partial charge < -0.3 is 10.3 Å². The highest BCUT2D eigenvalue weighted by atomic mass is 79.9. The zero-order valence-corrected chi connectivity index (χ0v) is 14.2. The first-order valence-corrected chi connectivity index (χ1v) is 8.25.